The van der Waals surface area contributed by atoms with Gasteiger partial charge < -0.3 is 25.0 Å². The van der Waals surface area contributed by atoms with Gasteiger partial charge >= 0.3 is 5.97 Å². The lowest BCUT2D eigenvalue weighted by atomic mass is 9.89. The molecule has 34 heavy (non-hydrogen) atoms. The summed E-state index contributed by atoms with van der Waals surface area (Å²) in [6.45, 7) is 11.2. The van der Waals surface area contributed by atoms with Crippen molar-refractivity contribution in [3.63, 3.8) is 0 Å². The molecule has 6 nitrogen and oxygen atoms in total. The van der Waals surface area contributed by atoms with Gasteiger partial charge in [0.15, 0.2) is 0 Å². The SMILES string of the molecule is CCOC(=O)CC(O)CC(O)CCc1c(C)c(NCc2ccccc2)c(C)c2c1OC(C)(C)C2. The number of nitrogens with one attached hydrogen (secondary N) is 1. The predicted molar refractivity (Wildman–Crippen MR) is 134 cm³/mol. The van der Waals surface area contributed by atoms with E-state index in [9.17, 15) is 15.0 Å². The zero-order valence-corrected chi connectivity index (χ0v) is 21.1. The first-order valence-corrected chi connectivity index (χ1v) is 12.2. The molecule has 2 unspecified atom stereocenters. The Morgan fingerprint density at radius 3 is 2.53 bits per heavy atom. The van der Waals surface area contributed by atoms with Crippen LogP contribution < -0.4 is 10.1 Å². The second-order valence-electron chi connectivity index (χ2n) is 9.88. The molecule has 0 aromatic heterocycles. The number of hydrogen-bond donors (Lipinski definition) is 3. The molecule has 1 aliphatic rings. The second kappa shape index (κ2) is 11.2. The summed E-state index contributed by atoms with van der Waals surface area (Å²) in [6, 6.07) is 10.3. The van der Waals surface area contributed by atoms with E-state index in [0.29, 0.717) is 12.8 Å². The van der Waals surface area contributed by atoms with E-state index in [1.54, 1.807) is 6.92 Å². The molecule has 1 heterocycles. The highest BCUT2D eigenvalue weighted by Gasteiger charge is 2.35. The number of aliphatic hydroxyl groups is 2. The van der Waals surface area contributed by atoms with Crippen LogP contribution in [0.25, 0.3) is 0 Å². The zero-order chi connectivity index (χ0) is 24.9. The Bertz CT molecular complexity index is 986. The summed E-state index contributed by atoms with van der Waals surface area (Å²) in [7, 11) is 0. The predicted octanol–water partition coefficient (Wildman–Crippen LogP) is 4.63. The third kappa shape index (κ3) is 6.51. The van der Waals surface area contributed by atoms with Crippen molar-refractivity contribution in [1.82, 2.24) is 0 Å². The molecule has 0 saturated carbocycles. The van der Waals surface area contributed by atoms with Crippen molar-refractivity contribution in [1.29, 1.82) is 0 Å². The molecule has 0 amide bonds. The maximum atomic E-state index is 11.6. The molecule has 0 bridgehead atoms. The summed E-state index contributed by atoms with van der Waals surface area (Å²) in [5.41, 5.74) is 6.72. The van der Waals surface area contributed by atoms with E-state index in [-0.39, 0.29) is 25.0 Å². The Labute approximate surface area is 203 Å². The van der Waals surface area contributed by atoms with Gasteiger partial charge in [-0.05, 0) is 76.1 Å². The smallest absolute Gasteiger partial charge is 0.308 e. The fourth-order valence-corrected chi connectivity index (χ4v) is 4.77. The number of esters is 1. The van der Waals surface area contributed by atoms with Gasteiger partial charge in [-0.15, -0.1) is 0 Å². The Hall–Kier alpha value is -2.57. The topological polar surface area (TPSA) is 88.0 Å². The lowest BCUT2D eigenvalue weighted by Gasteiger charge is -2.22. The number of carbonyl (C=O) groups excluding carboxylic acids is 1. The number of ether oxygens (including phenoxy) is 2. The molecule has 2 aromatic carbocycles. The Kier molecular flexibility index (Phi) is 8.61. The average Bonchev–Trinajstić information content (AvgIpc) is 3.09. The molecule has 0 aliphatic carbocycles. The van der Waals surface area contributed by atoms with Gasteiger partial charge in [0.1, 0.15) is 11.4 Å². The van der Waals surface area contributed by atoms with Crippen molar-refractivity contribution in [2.45, 2.75) is 91.1 Å². The zero-order valence-electron chi connectivity index (χ0n) is 21.1. The number of aliphatic hydroxyl groups excluding tert-OH is 2. The van der Waals surface area contributed by atoms with Gasteiger partial charge in [-0.3, -0.25) is 4.79 Å². The highest BCUT2D eigenvalue weighted by atomic mass is 16.5. The van der Waals surface area contributed by atoms with Crippen molar-refractivity contribution < 1.29 is 24.5 Å². The summed E-state index contributed by atoms with van der Waals surface area (Å²) in [4.78, 5) is 11.6. The van der Waals surface area contributed by atoms with E-state index in [4.69, 9.17) is 9.47 Å². The van der Waals surface area contributed by atoms with Gasteiger partial charge in [0.25, 0.3) is 0 Å². The fourth-order valence-electron chi connectivity index (χ4n) is 4.77. The average molecular weight is 470 g/mol. The summed E-state index contributed by atoms with van der Waals surface area (Å²) in [5, 5.41) is 24.4. The molecule has 0 fully saturated rings. The first-order valence-electron chi connectivity index (χ1n) is 12.2. The summed E-state index contributed by atoms with van der Waals surface area (Å²) < 4.78 is 11.3. The fraction of sp³-hybridized carbons (Fsp3) is 0.536. The van der Waals surface area contributed by atoms with Crippen molar-refractivity contribution in [3.05, 3.63) is 58.1 Å². The molecule has 1 aliphatic heterocycles. The van der Waals surface area contributed by atoms with E-state index < -0.39 is 18.2 Å². The lowest BCUT2D eigenvalue weighted by molar-refractivity contribution is -0.145. The van der Waals surface area contributed by atoms with Gasteiger partial charge in [-0.25, -0.2) is 0 Å². The van der Waals surface area contributed by atoms with Crippen LogP contribution in [0.4, 0.5) is 5.69 Å². The molecule has 2 atom stereocenters. The molecule has 0 radical (unpaired) electrons. The third-order valence-electron chi connectivity index (χ3n) is 6.48. The molecule has 6 heteroatoms. The number of carbonyl (C=O) groups is 1. The van der Waals surface area contributed by atoms with E-state index in [2.05, 4.69) is 45.1 Å². The minimum absolute atomic E-state index is 0.102. The van der Waals surface area contributed by atoms with Crippen LogP contribution >= 0.6 is 0 Å². The van der Waals surface area contributed by atoms with Crippen molar-refractivity contribution in [2.24, 2.45) is 0 Å². The summed E-state index contributed by atoms with van der Waals surface area (Å²) >= 11 is 0. The first kappa shape index (κ1) is 26.0. The van der Waals surface area contributed by atoms with Gasteiger partial charge in [0.05, 0.1) is 25.2 Å². The maximum Gasteiger partial charge on any atom is 0.308 e. The Morgan fingerprint density at radius 2 is 1.85 bits per heavy atom. The summed E-state index contributed by atoms with van der Waals surface area (Å²) in [5.74, 6) is 0.490. The highest BCUT2D eigenvalue weighted by Crippen LogP contribution is 2.45. The summed E-state index contributed by atoms with van der Waals surface area (Å²) in [6.07, 6.45) is 0.317. The van der Waals surface area contributed by atoms with Crippen LogP contribution in [0, 0.1) is 13.8 Å². The van der Waals surface area contributed by atoms with E-state index in [0.717, 1.165) is 35.5 Å². The molecule has 3 N–H and O–H groups in total. The first-order chi connectivity index (χ1) is 16.1. The number of fused-ring (bicyclic) bond motifs is 1. The van der Waals surface area contributed by atoms with Crippen LogP contribution in [0.15, 0.2) is 30.3 Å². The van der Waals surface area contributed by atoms with Gasteiger partial charge in [-0.2, -0.15) is 0 Å². The minimum Gasteiger partial charge on any atom is -0.487 e. The van der Waals surface area contributed by atoms with Crippen molar-refractivity contribution >= 4 is 11.7 Å². The molecule has 186 valence electrons. The monoisotopic (exact) mass is 469 g/mol. The standard InChI is InChI=1S/C28H39NO5/c1-6-33-25(32)15-22(31)14-21(30)12-13-23-18(2)26(29-17-20-10-8-7-9-11-20)19(3)24-16-28(4,5)34-27(23)24/h7-11,21-22,29-31H,6,12-17H2,1-5H3. The number of anilines is 1. The lowest BCUT2D eigenvalue weighted by Crippen LogP contribution is -2.25. The van der Waals surface area contributed by atoms with Crippen molar-refractivity contribution in [3.8, 4) is 5.75 Å². The van der Waals surface area contributed by atoms with Crippen LogP contribution in [0.1, 0.15) is 67.9 Å². The molecule has 0 saturated heterocycles. The second-order valence-corrected chi connectivity index (χ2v) is 9.88. The number of benzene rings is 2. The van der Waals surface area contributed by atoms with Gasteiger partial charge in [0, 0.05) is 24.2 Å². The maximum absolute atomic E-state index is 11.6. The normalized spacial score (nSPS) is 15.9. The van der Waals surface area contributed by atoms with E-state index in [1.807, 2.05) is 18.2 Å². The van der Waals surface area contributed by atoms with Crippen LogP contribution in [0.2, 0.25) is 0 Å². The van der Waals surface area contributed by atoms with Crippen LogP contribution in [0.5, 0.6) is 5.75 Å². The molecule has 0 spiro atoms. The van der Waals surface area contributed by atoms with E-state index >= 15 is 0 Å². The van der Waals surface area contributed by atoms with E-state index in [1.165, 1.54) is 16.7 Å². The van der Waals surface area contributed by atoms with Gasteiger partial charge in [0.2, 0.25) is 0 Å². The van der Waals surface area contributed by atoms with Crippen LogP contribution in [0.3, 0.4) is 0 Å². The van der Waals surface area contributed by atoms with Gasteiger partial charge in [-0.1, -0.05) is 30.3 Å². The molecule has 2 aromatic rings. The van der Waals surface area contributed by atoms with Crippen LogP contribution in [-0.4, -0.2) is 40.6 Å². The molecule has 3 rings (SSSR count). The number of rotatable bonds is 11. The minimum atomic E-state index is -0.919. The Balaban J connectivity index is 1.76. The largest absolute Gasteiger partial charge is 0.487 e. The number of hydrogen-bond acceptors (Lipinski definition) is 6. The quantitative estimate of drug-likeness (QED) is 0.416. The Morgan fingerprint density at radius 1 is 1.15 bits per heavy atom. The molecular formula is C28H39NO5. The third-order valence-corrected chi connectivity index (χ3v) is 6.48. The highest BCUT2D eigenvalue weighted by molar-refractivity contribution is 5.70. The molecular weight excluding hydrogens is 430 g/mol. The van der Waals surface area contributed by atoms with Crippen LogP contribution in [-0.2, 0) is 28.9 Å². The van der Waals surface area contributed by atoms with Crippen molar-refractivity contribution in [2.75, 3.05) is 11.9 Å².